The molecule has 0 heterocycles. The molecule has 3 nitrogen and oxygen atoms in total. The van der Waals surface area contributed by atoms with Gasteiger partial charge in [-0.05, 0) is 22.0 Å². The number of hydrogen-bond acceptors (Lipinski definition) is 3. The molecule has 0 saturated heterocycles. The highest BCUT2D eigenvalue weighted by Gasteiger charge is 2.27. The minimum Gasteiger partial charge on any atom is -0.488 e. The van der Waals surface area contributed by atoms with Crippen LogP contribution < -0.4 is 10.5 Å². The maximum Gasteiger partial charge on any atom is 0.411 e. The van der Waals surface area contributed by atoms with E-state index in [0.717, 1.165) is 12.1 Å². The van der Waals surface area contributed by atoms with E-state index in [4.69, 9.17) is 10.5 Å². The minimum absolute atomic E-state index is 0.0534. The maximum absolute atomic E-state index is 12.9. The van der Waals surface area contributed by atoms with E-state index in [9.17, 15) is 17.6 Å². The highest BCUT2D eigenvalue weighted by Crippen LogP contribution is 2.32. The van der Waals surface area contributed by atoms with E-state index in [0.29, 0.717) is 0 Å². The van der Waals surface area contributed by atoms with Crippen LogP contribution in [0.2, 0.25) is 0 Å². The fourth-order valence-corrected chi connectivity index (χ4v) is 1.69. The summed E-state index contributed by atoms with van der Waals surface area (Å²) in [6.45, 7) is -1.70. The van der Waals surface area contributed by atoms with Crippen molar-refractivity contribution in [3.8, 4) is 5.75 Å². The monoisotopic (exact) mass is 331 g/mol. The van der Waals surface area contributed by atoms with E-state index in [-0.39, 0.29) is 29.1 Å². The molecule has 2 N–H and O–H groups in total. The van der Waals surface area contributed by atoms with Crippen molar-refractivity contribution < 1.29 is 27.0 Å². The summed E-state index contributed by atoms with van der Waals surface area (Å²) in [6.07, 6.45) is -4.37. The molecule has 0 spiro atoms. The number of rotatable bonds is 5. The van der Waals surface area contributed by atoms with Crippen molar-refractivity contribution in [1.82, 2.24) is 0 Å². The first-order chi connectivity index (χ1) is 8.29. The zero-order valence-corrected chi connectivity index (χ0v) is 10.6. The van der Waals surface area contributed by atoms with E-state index in [1.54, 1.807) is 0 Å². The van der Waals surface area contributed by atoms with Crippen LogP contribution in [0, 0.1) is 5.82 Å². The van der Waals surface area contributed by atoms with Crippen LogP contribution in [-0.4, -0.2) is 26.0 Å². The highest BCUT2D eigenvalue weighted by atomic mass is 79.9. The maximum atomic E-state index is 12.9. The van der Waals surface area contributed by atoms with Crippen LogP contribution >= 0.6 is 15.9 Å². The van der Waals surface area contributed by atoms with Crippen LogP contribution in [0.5, 0.6) is 5.75 Å². The molecule has 0 bridgehead atoms. The van der Waals surface area contributed by atoms with Crippen LogP contribution in [0.3, 0.4) is 0 Å². The lowest BCUT2D eigenvalue weighted by molar-refractivity contribution is -0.175. The van der Waals surface area contributed by atoms with Crippen molar-refractivity contribution in [2.24, 2.45) is 0 Å². The third kappa shape index (κ3) is 5.09. The Hall–Kier alpha value is -1.02. The Labute approximate surface area is 109 Å². The summed E-state index contributed by atoms with van der Waals surface area (Å²) < 4.78 is 57.8. The summed E-state index contributed by atoms with van der Waals surface area (Å²) in [5.41, 5.74) is 5.54. The molecule has 8 heteroatoms. The van der Waals surface area contributed by atoms with E-state index in [1.165, 1.54) is 0 Å². The first kappa shape index (κ1) is 15.0. The molecule has 0 unspecified atom stereocenters. The summed E-state index contributed by atoms with van der Waals surface area (Å²) >= 11 is 3.03. The molecule has 102 valence electrons. The Morgan fingerprint density at radius 3 is 2.44 bits per heavy atom. The van der Waals surface area contributed by atoms with Gasteiger partial charge in [0.1, 0.15) is 19.0 Å². The van der Waals surface area contributed by atoms with E-state index in [2.05, 4.69) is 20.7 Å². The fraction of sp³-hybridized carbons (Fsp3) is 0.400. The first-order valence-corrected chi connectivity index (χ1v) is 5.60. The summed E-state index contributed by atoms with van der Waals surface area (Å²) in [5.74, 6) is -0.368. The Morgan fingerprint density at radius 1 is 1.22 bits per heavy atom. The second-order valence-electron chi connectivity index (χ2n) is 3.32. The molecule has 0 aliphatic heterocycles. The smallest absolute Gasteiger partial charge is 0.411 e. The number of hydrogen-bond donors (Lipinski definition) is 1. The predicted octanol–water partition coefficient (Wildman–Crippen LogP) is 3.13. The predicted molar refractivity (Wildman–Crippen MR) is 60.9 cm³/mol. The second kappa shape index (κ2) is 6.24. The number of benzene rings is 1. The van der Waals surface area contributed by atoms with Crippen molar-refractivity contribution in [3.05, 3.63) is 22.4 Å². The number of ether oxygens (including phenoxy) is 2. The standard InChI is InChI=1S/C10H10BrF4NO2/c11-7-3-6(12)4-8(16)9(7)18-2-1-17-5-10(13,14)15/h3-4H,1-2,5,16H2. The zero-order valence-electron chi connectivity index (χ0n) is 9.06. The van der Waals surface area contributed by atoms with E-state index >= 15 is 0 Å². The number of anilines is 1. The van der Waals surface area contributed by atoms with E-state index in [1.807, 2.05) is 0 Å². The van der Waals surface area contributed by atoms with Crippen LogP contribution in [0.25, 0.3) is 0 Å². The van der Waals surface area contributed by atoms with Crippen molar-refractivity contribution in [2.45, 2.75) is 6.18 Å². The van der Waals surface area contributed by atoms with Gasteiger partial charge < -0.3 is 15.2 Å². The van der Waals surface area contributed by atoms with Gasteiger partial charge in [-0.15, -0.1) is 0 Å². The van der Waals surface area contributed by atoms with Crippen LogP contribution in [0.15, 0.2) is 16.6 Å². The Bertz CT molecular complexity index is 388. The lowest BCUT2D eigenvalue weighted by Crippen LogP contribution is -2.19. The van der Waals surface area contributed by atoms with Crippen LogP contribution in [0.4, 0.5) is 23.2 Å². The average Bonchev–Trinajstić information content (AvgIpc) is 2.19. The molecule has 1 aromatic carbocycles. The van der Waals surface area contributed by atoms with Crippen LogP contribution in [0.1, 0.15) is 0 Å². The molecular weight excluding hydrogens is 322 g/mol. The van der Waals surface area contributed by atoms with Crippen molar-refractivity contribution in [1.29, 1.82) is 0 Å². The third-order valence-corrected chi connectivity index (χ3v) is 2.37. The molecule has 0 amide bonds. The largest absolute Gasteiger partial charge is 0.488 e. The third-order valence-electron chi connectivity index (χ3n) is 1.78. The molecule has 1 aromatic rings. The van der Waals surface area contributed by atoms with Gasteiger partial charge in [-0.1, -0.05) is 0 Å². The van der Waals surface area contributed by atoms with Gasteiger partial charge in [-0.2, -0.15) is 13.2 Å². The van der Waals surface area contributed by atoms with Gasteiger partial charge >= 0.3 is 6.18 Å². The van der Waals surface area contributed by atoms with Gasteiger partial charge in [-0.25, -0.2) is 4.39 Å². The summed E-state index contributed by atoms with van der Waals surface area (Å²) in [4.78, 5) is 0. The quantitative estimate of drug-likeness (QED) is 0.512. The summed E-state index contributed by atoms with van der Waals surface area (Å²) in [7, 11) is 0. The van der Waals surface area contributed by atoms with Crippen molar-refractivity contribution in [2.75, 3.05) is 25.6 Å². The Balaban J connectivity index is 2.41. The summed E-state index contributed by atoms with van der Waals surface area (Å²) in [6, 6.07) is 2.19. The lowest BCUT2D eigenvalue weighted by Gasteiger charge is -2.12. The molecule has 0 fully saturated rings. The lowest BCUT2D eigenvalue weighted by atomic mass is 10.3. The van der Waals surface area contributed by atoms with Gasteiger partial charge in [0.2, 0.25) is 0 Å². The SMILES string of the molecule is Nc1cc(F)cc(Br)c1OCCOCC(F)(F)F. The molecule has 0 aliphatic carbocycles. The van der Waals surface area contributed by atoms with Crippen molar-refractivity contribution >= 4 is 21.6 Å². The number of alkyl halides is 3. The minimum atomic E-state index is -4.37. The van der Waals surface area contributed by atoms with E-state index < -0.39 is 18.6 Å². The average molecular weight is 332 g/mol. The molecule has 0 atom stereocenters. The topological polar surface area (TPSA) is 44.5 Å². The number of nitrogens with two attached hydrogens (primary N) is 1. The number of nitrogen functional groups attached to an aromatic ring is 1. The zero-order chi connectivity index (χ0) is 13.8. The molecule has 0 radical (unpaired) electrons. The molecule has 0 saturated carbocycles. The normalized spacial score (nSPS) is 11.6. The van der Waals surface area contributed by atoms with Crippen LogP contribution in [-0.2, 0) is 4.74 Å². The van der Waals surface area contributed by atoms with Gasteiger partial charge in [0.05, 0.1) is 16.8 Å². The second-order valence-corrected chi connectivity index (χ2v) is 4.18. The van der Waals surface area contributed by atoms with Gasteiger partial charge in [-0.3, -0.25) is 0 Å². The molecule has 18 heavy (non-hydrogen) atoms. The van der Waals surface area contributed by atoms with Gasteiger partial charge in [0, 0.05) is 6.07 Å². The number of halogens is 5. The highest BCUT2D eigenvalue weighted by molar-refractivity contribution is 9.10. The molecule has 0 aliphatic rings. The summed E-state index contributed by atoms with van der Waals surface area (Å²) in [5, 5.41) is 0. The molecular formula is C10H10BrF4NO2. The first-order valence-electron chi connectivity index (χ1n) is 4.81. The van der Waals surface area contributed by atoms with Gasteiger partial charge in [0.15, 0.2) is 5.75 Å². The Kier molecular flexibility index (Phi) is 5.21. The van der Waals surface area contributed by atoms with Crippen molar-refractivity contribution in [3.63, 3.8) is 0 Å². The fourth-order valence-electron chi connectivity index (χ4n) is 1.12. The molecule has 1 rings (SSSR count). The van der Waals surface area contributed by atoms with Gasteiger partial charge in [0.25, 0.3) is 0 Å². The Morgan fingerprint density at radius 2 is 1.89 bits per heavy atom. The molecule has 0 aromatic heterocycles.